The second-order valence-electron chi connectivity index (χ2n) is 8.46. The van der Waals surface area contributed by atoms with E-state index in [1.54, 1.807) is 30.3 Å². The lowest BCUT2D eigenvalue weighted by Crippen LogP contribution is -2.60. The molecule has 1 fully saturated rings. The smallest absolute Gasteiger partial charge is 0.326 e. The van der Waals surface area contributed by atoms with Gasteiger partial charge in [0.05, 0.1) is 12.1 Å². The highest BCUT2D eigenvalue weighted by molar-refractivity contribution is 5.94. The standard InChI is InChI=1S/C23H32N4O8/c1-13(28)19(22(33)26-17(23(34)35)12-14-6-3-2-4-7-14)27-21(32)16(9-10-18(29)30)25-20(31)15-8-5-11-24-15/h2-4,6-7,13,15-17,19,24,28H,5,8-12H2,1H3,(H,25,31)(H,26,33)(H,27,32)(H,29,30)(H,34,35). The number of aliphatic hydroxyl groups is 1. The molecule has 7 N–H and O–H groups in total. The zero-order valence-corrected chi connectivity index (χ0v) is 19.4. The first-order valence-corrected chi connectivity index (χ1v) is 11.4. The Morgan fingerprint density at radius 1 is 1.00 bits per heavy atom. The number of amides is 3. The van der Waals surface area contributed by atoms with Crippen molar-refractivity contribution in [2.45, 2.75) is 69.3 Å². The average molecular weight is 493 g/mol. The minimum Gasteiger partial charge on any atom is -0.481 e. The van der Waals surface area contributed by atoms with Gasteiger partial charge in [0.1, 0.15) is 18.1 Å². The van der Waals surface area contributed by atoms with Crippen LogP contribution in [-0.2, 0) is 30.4 Å². The van der Waals surface area contributed by atoms with Crippen LogP contribution >= 0.6 is 0 Å². The molecule has 1 saturated heterocycles. The molecule has 192 valence electrons. The van der Waals surface area contributed by atoms with Crippen molar-refractivity contribution in [1.82, 2.24) is 21.3 Å². The van der Waals surface area contributed by atoms with Crippen LogP contribution in [0.3, 0.4) is 0 Å². The summed E-state index contributed by atoms with van der Waals surface area (Å²) < 4.78 is 0. The third kappa shape index (κ3) is 8.98. The number of aliphatic hydroxyl groups excluding tert-OH is 1. The molecule has 0 radical (unpaired) electrons. The number of rotatable bonds is 13. The van der Waals surface area contributed by atoms with Crippen molar-refractivity contribution in [3.63, 3.8) is 0 Å². The molecule has 0 aliphatic carbocycles. The lowest BCUT2D eigenvalue weighted by molar-refractivity contribution is -0.143. The van der Waals surface area contributed by atoms with Crippen molar-refractivity contribution < 1.29 is 39.3 Å². The van der Waals surface area contributed by atoms with Crippen molar-refractivity contribution in [1.29, 1.82) is 0 Å². The Labute approximate surface area is 202 Å². The second kappa shape index (κ2) is 13.4. The highest BCUT2D eigenvalue weighted by Crippen LogP contribution is 2.08. The van der Waals surface area contributed by atoms with Gasteiger partial charge >= 0.3 is 11.9 Å². The van der Waals surface area contributed by atoms with Gasteiger partial charge in [0.2, 0.25) is 17.7 Å². The topological polar surface area (TPSA) is 194 Å². The van der Waals surface area contributed by atoms with Crippen LogP contribution in [0.1, 0.15) is 38.2 Å². The third-order valence-corrected chi connectivity index (χ3v) is 5.62. The number of nitrogens with one attached hydrogen (secondary N) is 4. The zero-order valence-electron chi connectivity index (χ0n) is 19.4. The maximum Gasteiger partial charge on any atom is 0.326 e. The van der Waals surface area contributed by atoms with E-state index in [1.807, 2.05) is 0 Å². The summed E-state index contributed by atoms with van der Waals surface area (Å²) >= 11 is 0. The van der Waals surface area contributed by atoms with Gasteiger partial charge in [0.15, 0.2) is 0 Å². The molecule has 12 heteroatoms. The van der Waals surface area contributed by atoms with E-state index >= 15 is 0 Å². The Kier molecular flexibility index (Phi) is 10.6. The molecule has 0 aromatic heterocycles. The molecule has 1 heterocycles. The molecule has 0 bridgehead atoms. The van der Waals surface area contributed by atoms with Crippen LogP contribution in [-0.4, -0.2) is 81.8 Å². The summed E-state index contributed by atoms with van der Waals surface area (Å²) in [5.74, 6) is -4.74. The van der Waals surface area contributed by atoms with E-state index in [4.69, 9.17) is 5.11 Å². The highest BCUT2D eigenvalue weighted by atomic mass is 16.4. The van der Waals surface area contributed by atoms with Crippen molar-refractivity contribution in [2.75, 3.05) is 6.54 Å². The van der Waals surface area contributed by atoms with Crippen molar-refractivity contribution >= 4 is 29.7 Å². The van der Waals surface area contributed by atoms with Crippen LogP contribution in [0.4, 0.5) is 0 Å². The molecule has 0 spiro atoms. The summed E-state index contributed by atoms with van der Waals surface area (Å²) in [5, 5.41) is 38.8. The quantitative estimate of drug-likeness (QED) is 0.176. The predicted octanol–water partition coefficient (Wildman–Crippen LogP) is -1.23. The third-order valence-electron chi connectivity index (χ3n) is 5.62. The van der Waals surface area contributed by atoms with E-state index in [1.165, 1.54) is 6.92 Å². The van der Waals surface area contributed by atoms with Gasteiger partial charge in [-0.05, 0) is 38.3 Å². The molecule has 3 amide bonds. The zero-order chi connectivity index (χ0) is 26.0. The minimum absolute atomic E-state index is 0.0198. The largest absolute Gasteiger partial charge is 0.481 e. The van der Waals surface area contributed by atoms with E-state index in [2.05, 4.69) is 21.3 Å². The molecule has 0 saturated carbocycles. The summed E-state index contributed by atoms with van der Waals surface area (Å²) in [6.45, 7) is 1.88. The molecular weight excluding hydrogens is 460 g/mol. The van der Waals surface area contributed by atoms with Gasteiger partial charge in [-0.1, -0.05) is 30.3 Å². The fourth-order valence-corrected chi connectivity index (χ4v) is 3.69. The Morgan fingerprint density at radius 3 is 2.23 bits per heavy atom. The molecule has 1 aliphatic heterocycles. The number of benzene rings is 1. The lowest BCUT2D eigenvalue weighted by atomic mass is 10.0. The first-order valence-electron chi connectivity index (χ1n) is 11.4. The van der Waals surface area contributed by atoms with Gasteiger partial charge in [-0.25, -0.2) is 4.79 Å². The van der Waals surface area contributed by atoms with E-state index in [-0.39, 0.29) is 12.8 Å². The number of hydrogen-bond donors (Lipinski definition) is 7. The Morgan fingerprint density at radius 2 is 1.69 bits per heavy atom. The fraction of sp³-hybridized carbons (Fsp3) is 0.522. The Balaban J connectivity index is 2.09. The normalized spacial score (nSPS) is 18.5. The van der Waals surface area contributed by atoms with E-state index in [0.717, 1.165) is 6.42 Å². The summed E-state index contributed by atoms with van der Waals surface area (Å²) in [4.78, 5) is 60.9. The lowest BCUT2D eigenvalue weighted by Gasteiger charge is -2.26. The monoisotopic (exact) mass is 492 g/mol. The van der Waals surface area contributed by atoms with Gasteiger partial charge in [0, 0.05) is 12.8 Å². The van der Waals surface area contributed by atoms with E-state index < -0.39 is 66.4 Å². The minimum atomic E-state index is -1.53. The molecule has 35 heavy (non-hydrogen) atoms. The Bertz CT molecular complexity index is 902. The number of carboxylic acids is 2. The van der Waals surface area contributed by atoms with Crippen LogP contribution < -0.4 is 21.3 Å². The number of carbonyl (C=O) groups excluding carboxylic acids is 3. The summed E-state index contributed by atoms with van der Waals surface area (Å²) in [6, 6.07) is 3.97. The number of aliphatic carboxylic acids is 2. The molecule has 5 unspecified atom stereocenters. The van der Waals surface area contributed by atoms with Crippen LogP contribution in [0, 0.1) is 0 Å². The van der Waals surface area contributed by atoms with Gasteiger partial charge < -0.3 is 36.6 Å². The second-order valence-corrected chi connectivity index (χ2v) is 8.46. The molecular formula is C23H32N4O8. The van der Waals surface area contributed by atoms with Crippen LogP contribution in [0.2, 0.25) is 0 Å². The van der Waals surface area contributed by atoms with Crippen molar-refractivity contribution in [3.8, 4) is 0 Å². The summed E-state index contributed by atoms with van der Waals surface area (Å²) in [6.07, 6.45) is -0.733. The first-order chi connectivity index (χ1) is 16.6. The first kappa shape index (κ1) is 27.7. The van der Waals surface area contributed by atoms with Crippen LogP contribution in [0.25, 0.3) is 0 Å². The van der Waals surface area contributed by atoms with Gasteiger partial charge in [0.25, 0.3) is 0 Å². The summed E-state index contributed by atoms with van der Waals surface area (Å²) in [7, 11) is 0. The maximum atomic E-state index is 12.9. The van der Waals surface area contributed by atoms with Crippen LogP contribution in [0.15, 0.2) is 30.3 Å². The van der Waals surface area contributed by atoms with Gasteiger partial charge in [-0.15, -0.1) is 0 Å². The van der Waals surface area contributed by atoms with Crippen molar-refractivity contribution in [3.05, 3.63) is 35.9 Å². The predicted molar refractivity (Wildman–Crippen MR) is 123 cm³/mol. The van der Waals surface area contributed by atoms with Crippen molar-refractivity contribution in [2.24, 2.45) is 0 Å². The average Bonchev–Trinajstić information content (AvgIpc) is 3.34. The van der Waals surface area contributed by atoms with E-state index in [0.29, 0.717) is 18.5 Å². The molecule has 1 aromatic carbocycles. The Hall–Kier alpha value is -3.51. The van der Waals surface area contributed by atoms with E-state index in [9.17, 15) is 34.2 Å². The maximum absolute atomic E-state index is 12.9. The van der Waals surface area contributed by atoms with Crippen LogP contribution in [0.5, 0.6) is 0 Å². The molecule has 1 aromatic rings. The number of carbonyl (C=O) groups is 5. The SMILES string of the molecule is CC(O)C(NC(=O)C(CCC(=O)O)NC(=O)C1CCCN1)C(=O)NC(Cc1ccccc1)C(=O)O. The molecule has 2 rings (SSSR count). The summed E-state index contributed by atoms with van der Waals surface area (Å²) in [5.41, 5.74) is 0.662. The fourth-order valence-electron chi connectivity index (χ4n) is 3.69. The van der Waals surface area contributed by atoms with Gasteiger partial charge in [-0.2, -0.15) is 0 Å². The van der Waals surface area contributed by atoms with Gasteiger partial charge in [-0.3, -0.25) is 19.2 Å². The number of carboxylic acid groups (broad SMARTS) is 2. The number of hydrogen-bond acceptors (Lipinski definition) is 7. The molecule has 5 atom stereocenters. The molecule has 12 nitrogen and oxygen atoms in total. The molecule has 1 aliphatic rings. The highest BCUT2D eigenvalue weighted by Gasteiger charge is 2.33.